The average Bonchev–Trinajstić information content (AvgIpc) is 2.80. The lowest BCUT2D eigenvalue weighted by atomic mass is 10.1. The molecule has 2 rings (SSSR count). The van der Waals surface area contributed by atoms with Crippen LogP contribution in [0.1, 0.15) is 25.3 Å². The fraction of sp³-hybridized carbons (Fsp3) is 0.600. The Kier molecular flexibility index (Phi) is 5.28. The second kappa shape index (κ2) is 6.96. The van der Waals surface area contributed by atoms with E-state index in [2.05, 4.69) is 17.1 Å². The summed E-state index contributed by atoms with van der Waals surface area (Å²) < 4.78 is 26.0. The number of halogens is 2. The molecule has 1 N–H and O–H groups in total. The van der Waals surface area contributed by atoms with Crippen LogP contribution in [0.3, 0.4) is 0 Å². The Balaban J connectivity index is 1.70. The van der Waals surface area contributed by atoms with Gasteiger partial charge in [-0.3, -0.25) is 0 Å². The standard InChI is InChI=1S/C15H22F2N2/c1-12(11-19-4-2-3-5-19)9-18-10-13-6-14(16)8-15(17)7-13/h6-8,12,18H,2-5,9-11H2,1H3. The van der Waals surface area contributed by atoms with Crippen LogP contribution < -0.4 is 5.32 Å². The Morgan fingerprint density at radius 2 is 1.79 bits per heavy atom. The van der Waals surface area contributed by atoms with E-state index < -0.39 is 11.6 Å². The Labute approximate surface area is 113 Å². The SMILES string of the molecule is CC(CNCc1cc(F)cc(F)c1)CN1CCCC1. The van der Waals surface area contributed by atoms with E-state index >= 15 is 0 Å². The quantitative estimate of drug-likeness (QED) is 0.853. The van der Waals surface area contributed by atoms with Gasteiger partial charge >= 0.3 is 0 Å². The molecule has 19 heavy (non-hydrogen) atoms. The minimum absolute atomic E-state index is 0.512. The zero-order chi connectivity index (χ0) is 13.7. The number of nitrogens with one attached hydrogen (secondary N) is 1. The minimum atomic E-state index is -0.512. The molecule has 106 valence electrons. The number of likely N-dealkylation sites (tertiary alicyclic amines) is 1. The highest BCUT2D eigenvalue weighted by molar-refractivity contribution is 5.17. The molecule has 0 aliphatic carbocycles. The molecule has 4 heteroatoms. The first-order valence-corrected chi connectivity index (χ1v) is 7.01. The van der Waals surface area contributed by atoms with Gasteiger partial charge in [0.2, 0.25) is 0 Å². The second-order valence-electron chi connectivity index (χ2n) is 5.52. The number of hydrogen-bond acceptors (Lipinski definition) is 2. The molecule has 1 saturated heterocycles. The number of benzene rings is 1. The van der Waals surface area contributed by atoms with Crippen molar-refractivity contribution in [1.82, 2.24) is 10.2 Å². The lowest BCUT2D eigenvalue weighted by molar-refractivity contribution is 0.282. The van der Waals surface area contributed by atoms with Gasteiger partial charge in [0.25, 0.3) is 0 Å². The summed E-state index contributed by atoms with van der Waals surface area (Å²) in [5.41, 5.74) is 0.658. The van der Waals surface area contributed by atoms with Crippen LogP contribution in [0.15, 0.2) is 18.2 Å². The predicted octanol–water partition coefficient (Wildman–Crippen LogP) is 2.79. The predicted molar refractivity (Wildman–Crippen MR) is 72.9 cm³/mol. The highest BCUT2D eigenvalue weighted by atomic mass is 19.1. The molecule has 0 aromatic heterocycles. The van der Waals surface area contributed by atoms with Crippen molar-refractivity contribution >= 4 is 0 Å². The molecule has 1 aromatic carbocycles. The van der Waals surface area contributed by atoms with Crippen LogP contribution in [0.25, 0.3) is 0 Å². The van der Waals surface area contributed by atoms with E-state index in [1.54, 1.807) is 0 Å². The van der Waals surface area contributed by atoms with Crippen molar-refractivity contribution < 1.29 is 8.78 Å². The summed E-state index contributed by atoms with van der Waals surface area (Å²) in [4.78, 5) is 2.48. The monoisotopic (exact) mass is 268 g/mol. The van der Waals surface area contributed by atoms with E-state index in [4.69, 9.17) is 0 Å². The summed E-state index contributed by atoms with van der Waals surface area (Å²) in [7, 11) is 0. The smallest absolute Gasteiger partial charge is 0.126 e. The van der Waals surface area contributed by atoms with Gasteiger partial charge in [0.05, 0.1) is 0 Å². The Morgan fingerprint density at radius 3 is 2.42 bits per heavy atom. The largest absolute Gasteiger partial charge is 0.312 e. The molecule has 0 amide bonds. The molecule has 1 unspecified atom stereocenters. The maximum Gasteiger partial charge on any atom is 0.126 e. The van der Waals surface area contributed by atoms with E-state index in [0.717, 1.165) is 19.2 Å². The fourth-order valence-electron chi connectivity index (χ4n) is 2.65. The Morgan fingerprint density at radius 1 is 1.16 bits per heavy atom. The number of rotatable bonds is 6. The zero-order valence-corrected chi connectivity index (χ0v) is 11.5. The summed E-state index contributed by atoms with van der Waals surface area (Å²) in [5.74, 6) is -0.472. The van der Waals surface area contributed by atoms with Crippen molar-refractivity contribution in [3.8, 4) is 0 Å². The van der Waals surface area contributed by atoms with Crippen LogP contribution in [-0.4, -0.2) is 31.1 Å². The van der Waals surface area contributed by atoms with Crippen molar-refractivity contribution in [1.29, 1.82) is 0 Å². The van der Waals surface area contributed by atoms with Gasteiger partial charge in [-0.25, -0.2) is 8.78 Å². The normalized spacial score (nSPS) is 17.8. The maximum atomic E-state index is 13.0. The first-order valence-electron chi connectivity index (χ1n) is 7.01. The number of hydrogen-bond donors (Lipinski definition) is 1. The molecule has 1 fully saturated rings. The third-order valence-electron chi connectivity index (χ3n) is 3.51. The Hall–Kier alpha value is -1.00. The van der Waals surface area contributed by atoms with E-state index in [9.17, 15) is 8.78 Å². The topological polar surface area (TPSA) is 15.3 Å². The minimum Gasteiger partial charge on any atom is -0.312 e. The van der Waals surface area contributed by atoms with Gasteiger partial charge in [-0.15, -0.1) is 0 Å². The third kappa shape index (κ3) is 4.88. The summed E-state index contributed by atoms with van der Waals surface area (Å²) in [6, 6.07) is 3.65. The van der Waals surface area contributed by atoms with Crippen LogP contribution in [0.4, 0.5) is 8.78 Å². The fourth-order valence-corrected chi connectivity index (χ4v) is 2.65. The third-order valence-corrected chi connectivity index (χ3v) is 3.51. The van der Waals surface area contributed by atoms with Gasteiger partial charge in [0.1, 0.15) is 11.6 Å². The summed E-state index contributed by atoms with van der Waals surface area (Å²) in [6.45, 7) is 7.11. The lowest BCUT2D eigenvalue weighted by Gasteiger charge is -2.20. The van der Waals surface area contributed by atoms with Crippen molar-refractivity contribution in [2.24, 2.45) is 5.92 Å². The maximum absolute atomic E-state index is 13.0. The van der Waals surface area contributed by atoms with Crippen LogP contribution in [0.5, 0.6) is 0 Å². The molecular weight excluding hydrogens is 246 g/mol. The lowest BCUT2D eigenvalue weighted by Crippen LogP contribution is -2.31. The highest BCUT2D eigenvalue weighted by Crippen LogP contribution is 2.10. The molecule has 1 aromatic rings. The highest BCUT2D eigenvalue weighted by Gasteiger charge is 2.14. The van der Waals surface area contributed by atoms with Gasteiger partial charge in [-0.1, -0.05) is 6.92 Å². The molecule has 0 spiro atoms. The van der Waals surface area contributed by atoms with Gasteiger partial charge in [0, 0.05) is 19.2 Å². The van der Waals surface area contributed by atoms with E-state index in [-0.39, 0.29) is 0 Å². The first kappa shape index (κ1) is 14.4. The molecular formula is C15H22F2N2. The average molecular weight is 268 g/mol. The molecule has 1 aliphatic rings. The van der Waals surface area contributed by atoms with Crippen molar-refractivity contribution in [3.05, 3.63) is 35.4 Å². The molecule has 1 atom stereocenters. The van der Waals surface area contributed by atoms with Crippen LogP contribution in [0.2, 0.25) is 0 Å². The van der Waals surface area contributed by atoms with Gasteiger partial charge in [-0.05, 0) is 56.1 Å². The molecule has 2 nitrogen and oxygen atoms in total. The molecule has 0 saturated carbocycles. The van der Waals surface area contributed by atoms with Crippen molar-refractivity contribution in [2.75, 3.05) is 26.2 Å². The molecule has 1 aliphatic heterocycles. The second-order valence-corrected chi connectivity index (χ2v) is 5.52. The summed E-state index contributed by atoms with van der Waals surface area (Å²) in [5, 5.41) is 3.27. The van der Waals surface area contributed by atoms with E-state index in [1.165, 1.54) is 38.1 Å². The van der Waals surface area contributed by atoms with Crippen molar-refractivity contribution in [2.45, 2.75) is 26.3 Å². The molecule has 0 radical (unpaired) electrons. The zero-order valence-electron chi connectivity index (χ0n) is 11.5. The first-order chi connectivity index (χ1) is 9.13. The van der Waals surface area contributed by atoms with Gasteiger partial charge < -0.3 is 10.2 Å². The van der Waals surface area contributed by atoms with E-state index in [1.807, 2.05) is 0 Å². The van der Waals surface area contributed by atoms with Crippen LogP contribution in [-0.2, 0) is 6.54 Å². The van der Waals surface area contributed by atoms with Crippen molar-refractivity contribution in [3.63, 3.8) is 0 Å². The van der Waals surface area contributed by atoms with Crippen LogP contribution >= 0.6 is 0 Å². The van der Waals surface area contributed by atoms with Crippen LogP contribution in [0, 0.1) is 17.6 Å². The summed E-state index contributed by atoms with van der Waals surface area (Å²) >= 11 is 0. The molecule has 1 heterocycles. The van der Waals surface area contributed by atoms with E-state index in [0.29, 0.717) is 18.0 Å². The molecule has 0 bridgehead atoms. The van der Waals surface area contributed by atoms with Gasteiger partial charge in [0.15, 0.2) is 0 Å². The van der Waals surface area contributed by atoms with Gasteiger partial charge in [-0.2, -0.15) is 0 Å². The summed E-state index contributed by atoms with van der Waals surface area (Å²) in [6.07, 6.45) is 2.62. The number of nitrogens with zero attached hydrogens (tertiary/aromatic N) is 1. The Bertz CT molecular complexity index is 383.